The lowest BCUT2D eigenvalue weighted by Crippen LogP contribution is -2.31. The lowest BCUT2D eigenvalue weighted by molar-refractivity contribution is 0.382. The first-order valence-corrected chi connectivity index (χ1v) is 24.2. The highest BCUT2D eigenvalue weighted by molar-refractivity contribution is 6.07. The van der Waals surface area contributed by atoms with Gasteiger partial charge in [-0.05, 0) is 113 Å². The van der Waals surface area contributed by atoms with Gasteiger partial charge in [-0.2, -0.15) is 0 Å². The molecule has 7 heteroatoms. The highest BCUT2D eigenvalue weighted by Gasteiger charge is 2.50. The number of ether oxygens (including phenoxy) is 1. The van der Waals surface area contributed by atoms with E-state index in [0.29, 0.717) is 29.7 Å². The Bertz CT molecular complexity index is 4040. The minimum atomic E-state index is -0.777. The van der Waals surface area contributed by atoms with E-state index in [1.165, 1.54) is 0 Å². The van der Waals surface area contributed by atoms with E-state index in [9.17, 15) is 0 Å². The van der Waals surface area contributed by atoms with Crippen LogP contribution in [0.4, 0.5) is 0 Å². The van der Waals surface area contributed by atoms with Gasteiger partial charge >= 0.3 is 0 Å². The summed E-state index contributed by atoms with van der Waals surface area (Å²) in [6, 6.07) is 75.4. The number of benzene rings is 9. The SMILES string of the molecule is C1=CCC2(c3nc(-c4cc(-c5ccccc5)cc(-c5ccccc5)c4)c4ccccc4n3)C(=C1)Oc1ccc(-c3ccc4oc5ccc(-c6nc(-c7ccccc7)nc(-c7ccccc7)n6)cc5c4c3)cc12. The lowest BCUT2D eigenvalue weighted by atomic mass is 9.73. The normalized spacial score (nSPS) is 14.8. The number of rotatable bonds is 8. The van der Waals surface area contributed by atoms with Gasteiger partial charge in [-0.25, -0.2) is 24.9 Å². The van der Waals surface area contributed by atoms with Gasteiger partial charge in [0.1, 0.15) is 33.9 Å². The third-order valence-electron chi connectivity index (χ3n) is 14.1. The smallest absolute Gasteiger partial charge is 0.164 e. The second-order valence-electron chi connectivity index (χ2n) is 18.4. The Morgan fingerprint density at radius 3 is 1.53 bits per heavy atom. The van der Waals surface area contributed by atoms with Gasteiger partial charge in [0.05, 0.1) is 11.2 Å². The minimum absolute atomic E-state index is 0.587. The van der Waals surface area contributed by atoms with Crippen molar-refractivity contribution in [1.82, 2.24) is 24.9 Å². The van der Waals surface area contributed by atoms with Gasteiger partial charge < -0.3 is 9.15 Å². The van der Waals surface area contributed by atoms with E-state index >= 15 is 0 Å². The predicted octanol–water partition coefficient (Wildman–Crippen LogP) is 15.9. The molecule has 9 aromatic carbocycles. The molecule has 1 atom stereocenters. The number of hydrogen-bond donors (Lipinski definition) is 0. The number of furan rings is 1. The number of aromatic nitrogens is 5. The molecule has 0 saturated carbocycles. The summed E-state index contributed by atoms with van der Waals surface area (Å²) in [5, 5.41) is 2.95. The Hall–Kier alpha value is -9.59. The molecule has 72 heavy (non-hydrogen) atoms. The Morgan fingerprint density at radius 1 is 0.375 bits per heavy atom. The minimum Gasteiger partial charge on any atom is -0.460 e. The summed E-state index contributed by atoms with van der Waals surface area (Å²) >= 11 is 0. The molecule has 0 bridgehead atoms. The van der Waals surface area contributed by atoms with E-state index in [-0.39, 0.29) is 0 Å². The molecule has 0 N–H and O–H groups in total. The Kier molecular flexibility index (Phi) is 9.67. The van der Waals surface area contributed by atoms with E-state index in [0.717, 1.165) is 111 Å². The van der Waals surface area contributed by atoms with Crippen LogP contribution in [0.5, 0.6) is 5.75 Å². The number of hydrogen-bond acceptors (Lipinski definition) is 7. The van der Waals surface area contributed by atoms with E-state index in [4.69, 9.17) is 34.1 Å². The molecule has 0 spiro atoms. The van der Waals surface area contributed by atoms with Crippen LogP contribution in [0.2, 0.25) is 0 Å². The van der Waals surface area contributed by atoms with E-state index in [1.807, 2.05) is 72.8 Å². The van der Waals surface area contributed by atoms with Gasteiger partial charge in [-0.1, -0.05) is 164 Å². The molecule has 4 heterocycles. The predicted molar refractivity (Wildman–Crippen MR) is 288 cm³/mol. The maximum Gasteiger partial charge on any atom is 0.164 e. The summed E-state index contributed by atoms with van der Waals surface area (Å²) in [7, 11) is 0. The molecule has 0 amide bonds. The van der Waals surface area contributed by atoms with Gasteiger partial charge in [0, 0.05) is 44.0 Å². The van der Waals surface area contributed by atoms with Crippen LogP contribution >= 0.6 is 0 Å². The van der Waals surface area contributed by atoms with Crippen LogP contribution in [0.15, 0.2) is 247 Å². The van der Waals surface area contributed by atoms with Crippen LogP contribution in [0.25, 0.3) is 112 Å². The second-order valence-corrected chi connectivity index (χ2v) is 18.4. The quantitative estimate of drug-likeness (QED) is 0.150. The average molecular weight is 924 g/mol. The molecule has 3 aromatic heterocycles. The maximum absolute atomic E-state index is 6.81. The van der Waals surface area contributed by atoms with Crippen molar-refractivity contribution < 1.29 is 9.15 Å². The summed E-state index contributed by atoms with van der Waals surface area (Å²) in [4.78, 5) is 26.0. The van der Waals surface area contributed by atoms with E-state index < -0.39 is 5.41 Å². The van der Waals surface area contributed by atoms with Gasteiger partial charge in [-0.15, -0.1) is 0 Å². The number of para-hydroxylation sites is 1. The molecule has 14 rings (SSSR count). The summed E-state index contributed by atoms with van der Waals surface area (Å²) in [5.41, 5.74) is 13.9. The lowest BCUT2D eigenvalue weighted by Gasteiger charge is -2.29. The topological polar surface area (TPSA) is 86.8 Å². The van der Waals surface area contributed by atoms with Crippen LogP contribution in [0, 0.1) is 0 Å². The van der Waals surface area contributed by atoms with Crippen molar-refractivity contribution in [3.05, 3.63) is 254 Å². The second kappa shape index (κ2) is 16.8. The van der Waals surface area contributed by atoms with Crippen molar-refractivity contribution in [3.63, 3.8) is 0 Å². The van der Waals surface area contributed by atoms with Crippen LogP contribution in [-0.2, 0) is 5.41 Å². The molecule has 1 aliphatic heterocycles. The van der Waals surface area contributed by atoms with Crippen LogP contribution in [0.1, 0.15) is 17.8 Å². The van der Waals surface area contributed by atoms with E-state index in [1.54, 1.807) is 0 Å². The molecule has 2 aliphatic rings. The van der Waals surface area contributed by atoms with Crippen LogP contribution in [-0.4, -0.2) is 24.9 Å². The molecule has 1 unspecified atom stereocenters. The van der Waals surface area contributed by atoms with Gasteiger partial charge in [-0.3, -0.25) is 0 Å². The Labute approximate surface area is 415 Å². The molecule has 1 aliphatic carbocycles. The molecule has 7 nitrogen and oxygen atoms in total. The number of nitrogens with zero attached hydrogens (tertiary/aromatic N) is 5. The highest BCUT2D eigenvalue weighted by atomic mass is 16.5. The van der Waals surface area contributed by atoms with Crippen molar-refractivity contribution in [2.45, 2.75) is 11.8 Å². The standard InChI is InChI=1S/C65H41N5O2/c1-5-17-41(18-6-1)48-35-49(42-19-7-2-8-20-42)37-50(36-48)60-51-25-13-14-26-55(51)66-64(67-60)65-34-16-15-27-59(65)72-58-33-29-46(40-54(58)65)45-28-31-56-52(38-45)53-39-47(30-32-57(53)71-56)63-69-61(43-21-9-3-10-22-43)68-62(70-63)44-23-11-4-12-24-44/h1-33,35-40H,34H2. The molecule has 0 saturated heterocycles. The molecule has 12 aromatic rings. The largest absolute Gasteiger partial charge is 0.460 e. The molecule has 338 valence electrons. The van der Waals surface area contributed by atoms with Crippen molar-refractivity contribution >= 4 is 32.8 Å². The molecule has 0 radical (unpaired) electrons. The fourth-order valence-corrected chi connectivity index (χ4v) is 10.5. The van der Waals surface area contributed by atoms with Gasteiger partial charge in [0.2, 0.25) is 0 Å². The van der Waals surface area contributed by atoms with Crippen LogP contribution in [0.3, 0.4) is 0 Å². The van der Waals surface area contributed by atoms with Crippen molar-refractivity contribution in [2.75, 3.05) is 0 Å². The third-order valence-corrected chi connectivity index (χ3v) is 14.1. The zero-order valence-electron chi connectivity index (χ0n) is 38.8. The monoisotopic (exact) mass is 923 g/mol. The number of allylic oxidation sites excluding steroid dienone is 4. The first-order valence-electron chi connectivity index (χ1n) is 24.2. The zero-order valence-corrected chi connectivity index (χ0v) is 38.8. The Balaban J connectivity index is 0.896. The number of fused-ring (bicyclic) bond motifs is 7. The Morgan fingerprint density at radius 2 is 0.889 bits per heavy atom. The maximum atomic E-state index is 6.81. The zero-order chi connectivity index (χ0) is 47.6. The third kappa shape index (κ3) is 7.01. The first kappa shape index (κ1) is 41.4. The fraction of sp³-hybridized carbons (Fsp3) is 0.0308. The average Bonchev–Trinajstić information content (AvgIpc) is 4.01. The summed E-state index contributed by atoms with van der Waals surface area (Å²) in [5.74, 6) is 4.12. The van der Waals surface area contributed by atoms with Crippen molar-refractivity contribution in [3.8, 4) is 84.6 Å². The summed E-state index contributed by atoms with van der Waals surface area (Å²) in [6.07, 6.45) is 6.99. The summed E-state index contributed by atoms with van der Waals surface area (Å²) in [6.45, 7) is 0. The van der Waals surface area contributed by atoms with Gasteiger partial charge in [0.15, 0.2) is 17.5 Å². The van der Waals surface area contributed by atoms with Crippen LogP contribution < -0.4 is 4.74 Å². The molecular weight excluding hydrogens is 883 g/mol. The van der Waals surface area contributed by atoms with Crippen molar-refractivity contribution in [1.29, 1.82) is 0 Å². The first-order chi connectivity index (χ1) is 35.6. The molecule has 0 fully saturated rings. The highest BCUT2D eigenvalue weighted by Crippen LogP contribution is 2.54. The van der Waals surface area contributed by atoms with E-state index in [2.05, 4.69) is 164 Å². The fourth-order valence-electron chi connectivity index (χ4n) is 10.5. The van der Waals surface area contributed by atoms with Gasteiger partial charge in [0.25, 0.3) is 0 Å². The molecular formula is C65H41N5O2. The summed E-state index contributed by atoms with van der Waals surface area (Å²) < 4.78 is 13.3. The van der Waals surface area contributed by atoms with Crippen molar-refractivity contribution in [2.24, 2.45) is 0 Å².